The van der Waals surface area contributed by atoms with E-state index >= 15 is 0 Å². The van der Waals surface area contributed by atoms with E-state index in [1.54, 1.807) is 17.0 Å². The number of halogens is 2. The molecule has 1 aliphatic heterocycles. The first-order valence-corrected chi connectivity index (χ1v) is 9.37. The second-order valence-electron chi connectivity index (χ2n) is 6.68. The highest BCUT2D eigenvalue weighted by molar-refractivity contribution is 6.38. The quantitative estimate of drug-likeness (QED) is 0.579. The van der Waals surface area contributed by atoms with Crippen molar-refractivity contribution in [3.05, 3.63) is 45.9 Å². The van der Waals surface area contributed by atoms with Crippen LogP contribution in [-0.2, 0) is 14.3 Å². The molecule has 1 saturated heterocycles. The molecular formula is C20H16Cl2N2O4. The predicted octanol–water partition coefficient (Wildman–Crippen LogP) is 4.64. The predicted molar refractivity (Wildman–Crippen MR) is 107 cm³/mol. The fourth-order valence-corrected chi connectivity index (χ4v) is 3.90. The van der Waals surface area contributed by atoms with Crippen LogP contribution in [0.3, 0.4) is 0 Å². The van der Waals surface area contributed by atoms with E-state index in [1.807, 2.05) is 25.1 Å². The van der Waals surface area contributed by atoms with E-state index in [1.165, 1.54) is 7.11 Å². The smallest absolute Gasteiger partial charge is 0.311 e. The second kappa shape index (κ2) is 7.11. The van der Waals surface area contributed by atoms with Crippen molar-refractivity contribution in [3.8, 4) is 11.5 Å². The van der Waals surface area contributed by atoms with Crippen LogP contribution in [0.5, 0.6) is 0 Å². The van der Waals surface area contributed by atoms with Gasteiger partial charge in [0.05, 0.1) is 18.1 Å². The minimum absolute atomic E-state index is 0.122. The molecule has 4 rings (SSSR count). The first-order valence-electron chi connectivity index (χ1n) is 8.62. The van der Waals surface area contributed by atoms with Crippen LogP contribution in [0.15, 0.2) is 34.7 Å². The van der Waals surface area contributed by atoms with Crippen molar-refractivity contribution < 1.29 is 18.7 Å². The van der Waals surface area contributed by atoms with E-state index in [4.69, 9.17) is 32.4 Å². The topological polar surface area (TPSA) is 72.6 Å². The summed E-state index contributed by atoms with van der Waals surface area (Å²) in [6.07, 6.45) is 0.132. The van der Waals surface area contributed by atoms with Gasteiger partial charge in [-0.2, -0.15) is 0 Å². The number of nitrogens with zero attached hydrogens (tertiary/aromatic N) is 2. The summed E-state index contributed by atoms with van der Waals surface area (Å²) in [5.74, 6) is -0.597. The lowest BCUT2D eigenvalue weighted by Gasteiger charge is -2.19. The number of esters is 1. The average Bonchev–Trinajstić information content (AvgIpc) is 3.25. The van der Waals surface area contributed by atoms with E-state index in [9.17, 15) is 9.59 Å². The number of amides is 1. The number of ether oxygens (including phenoxy) is 1. The number of hydrogen-bond acceptors (Lipinski definition) is 5. The molecule has 2 aromatic carbocycles. The normalized spacial score (nSPS) is 16.8. The van der Waals surface area contributed by atoms with Gasteiger partial charge in [0.1, 0.15) is 5.52 Å². The fraction of sp³-hybridized carbons (Fsp3) is 0.250. The van der Waals surface area contributed by atoms with Gasteiger partial charge in [0.25, 0.3) is 0 Å². The molecule has 1 aromatic heterocycles. The summed E-state index contributed by atoms with van der Waals surface area (Å²) >= 11 is 12.2. The molecule has 0 radical (unpaired) electrons. The minimum Gasteiger partial charge on any atom is -0.469 e. The summed E-state index contributed by atoms with van der Waals surface area (Å²) in [7, 11) is 1.33. The monoisotopic (exact) mass is 418 g/mol. The van der Waals surface area contributed by atoms with Gasteiger partial charge in [0.15, 0.2) is 5.58 Å². The number of carbonyl (C=O) groups excluding carboxylic acids is 2. The Labute approximate surface area is 171 Å². The Morgan fingerprint density at radius 3 is 2.82 bits per heavy atom. The van der Waals surface area contributed by atoms with Crippen LogP contribution in [-0.4, -0.2) is 30.5 Å². The largest absolute Gasteiger partial charge is 0.469 e. The van der Waals surface area contributed by atoms with Gasteiger partial charge >= 0.3 is 5.97 Å². The Morgan fingerprint density at radius 1 is 1.29 bits per heavy atom. The Morgan fingerprint density at radius 2 is 2.07 bits per heavy atom. The zero-order valence-electron chi connectivity index (χ0n) is 15.2. The van der Waals surface area contributed by atoms with Gasteiger partial charge in [-0.1, -0.05) is 29.3 Å². The van der Waals surface area contributed by atoms with E-state index in [-0.39, 0.29) is 24.8 Å². The van der Waals surface area contributed by atoms with E-state index < -0.39 is 5.92 Å². The standard InChI is InChI=1S/C20H16Cl2N2O4/c1-10-3-4-11(19-23-15-8-13(21)7-14(22)18(15)28-19)5-16(10)24-9-12(6-17(24)25)20(26)27-2/h3-5,7-8,12H,6,9H2,1-2H3/t12-/m1/s1. The zero-order chi connectivity index (χ0) is 20.0. The van der Waals surface area contributed by atoms with Crippen LogP contribution < -0.4 is 4.90 Å². The van der Waals surface area contributed by atoms with Crippen LogP contribution >= 0.6 is 23.2 Å². The lowest BCUT2D eigenvalue weighted by Crippen LogP contribution is -2.26. The maximum atomic E-state index is 12.5. The fourth-order valence-electron chi connectivity index (χ4n) is 3.38. The number of fused-ring (bicyclic) bond motifs is 1. The molecule has 28 heavy (non-hydrogen) atoms. The highest BCUT2D eigenvalue weighted by atomic mass is 35.5. The number of anilines is 1. The Bertz CT molecular complexity index is 1110. The number of hydrogen-bond donors (Lipinski definition) is 0. The number of rotatable bonds is 3. The highest BCUT2D eigenvalue weighted by Gasteiger charge is 2.36. The molecule has 0 aliphatic carbocycles. The van der Waals surface area contributed by atoms with Gasteiger partial charge in [-0.3, -0.25) is 9.59 Å². The van der Waals surface area contributed by atoms with E-state index in [0.717, 1.165) is 5.56 Å². The zero-order valence-corrected chi connectivity index (χ0v) is 16.7. The van der Waals surface area contributed by atoms with Gasteiger partial charge in [0, 0.05) is 29.2 Å². The third-order valence-electron chi connectivity index (χ3n) is 4.82. The summed E-state index contributed by atoms with van der Waals surface area (Å²) in [6, 6.07) is 8.84. The highest BCUT2D eigenvalue weighted by Crippen LogP contribution is 2.35. The van der Waals surface area contributed by atoms with Crippen LogP contribution in [0.25, 0.3) is 22.6 Å². The van der Waals surface area contributed by atoms with Crippen LogP contribution in [0.4, 0.5) is 5.69 Å². The first-order chi connectivity index (χ1) is 13.4. The molecule has 1 fully saturated rings. The molecule has 6 nitrogen and oxygen atoms in total. The molecule has 0 bridgehead atoms. The number of carbonyl (C=O) groups is 2. The summed E-state index contributed by atoms with van der Waals surface area (Å²) < 4.78 is 10.6. The maximum Gasteiger partial charge on any atom is 0.311 e. The summed E-state index contributed by atoms with van der Waals surface area (Å²) in [5, 5.41) is 0.850. The second-order valence-corrected chi connectivity index (χ2v) is 7.53. The average molecular weight is 419 g/mol. The molecule has 0 saturated carbocycles. The van der Waals surface area contributed by atoms with Crippen molar-refractivity contribution in [2.24, 2.45) is 5.92 Å². The van der Waals surface area contributed by atoms with Gasteiger partial charge < -0.3 is 14.1 Å². The number of aromatic nitrogens is 1. The summed E-state index contributed by atoms with van der Waals surface area (Å²) in [4.78, 5) is 30.4. The lowest BCUT2D eigenvalue weighted by atomic mass is 10.1. The Kier molecular flexibility index (Phi) is 4.77. The van der Waals surface area contributed by atoms with E-state index in [2.05, 4.69) is 4.98 Å². The Hall–Kier alpha value is -2.57. The Balaban J connectivity index is 1.73. The van der Waals surface area contributed by atoms with Crippen molar-refractivity contribution in [1.82, 2.24) is 4.98 Å². The van der Waals surface area contributed by atoms with Crippen molar-refractivity contribution in [2.75, 3.05) is 18.6 Å². The third kappa shape index (κ3) is 3.23. The van der Waals surface area contributed by atoms with Crippen LogP contribution in [0.2, 0.25) is 10.0 Å². The lowest BCUT2D eigenvalue weighted by molar-refractivity contribution is -0.145. The molecule has 0 spiro atoms. The van der Waals surface area contributed by atoms with E-state index in [0.29, 0.717) is 38.3 Å². The molecule has 1 aliphatic rings. The SMILES string of the molecule is COC(=O)[C@@H]1CC(=O)N(c2cc(-c3nc4cc(Cl)cc(Cl)c4o3)ccc2C)C1. The maximum absolute atomic E-state index is 12.5. The van der Waals surface area contributed by atoms with Gasteiger partial charge in [-0.05, 0) is 36.8 Å². The molecular weight excluding hydrogens is 403 g/mol. The van der Waals surface area contributed by atoms with Crippen molar-refractivity contribution in [1.29, 1.82) is 0 Å². The van der Waals surface area contributed by atoms with Crippen molar-refractivity contribution >= 4 is 51.9 Å². The number of benzene rings is 2. The molecule has 2 heterocycles. The summed E-state index contributed by atoms with van der Waals surface area (Å²) in [6.45, 7) is 2.19. The van der Waals surface area contributed by atoms with Gasteiger partial charge in [-0.15, -0.1) is 0 Å². The van der Waals surface area contributed by atoms with Crippen molar-refractivity contribution in [2.45, 2.75) is 13.3 Å². The third-order valence-corrected chi connectivity index (χ3v) is 5.31. The molecule has 144 valence electrons. The molecule has 0 unspecified atom stereocenters. The van der Waals surface area contributed by atoms with Gasteiger partial charge in [-0.25, -0.2) is 4.98 Å². The molecule has 1 atom stereocenters. The van der Waals surface area contributed by atoms with Gasteiger partial charge in [0.2, 0.25) is 11.8 Å². The van der Waals surface area contributed by atoms with Crippen molar-refractivity contribution in [3.63, 3.8) is 0 Å². The minimum atomic E-state index is -0.467. The first kappa shape index (κ1) is 18.8. The van der Waals surface area contributed by atoms with Crippen LogP contribution in [0, 0.1) is 12.8 Å². The number of aryl methyl sites for hydroxylation is 1. The molecule has 0 N–H and O–H groups in total. The number of methoxy groups -OCH3 is 1. The molecule has 1 amide bonds. The number of oxazole rings is 1. The molecule has 8 heteroatoms. The summed E-state index contributed by atoms with van der Waals surface area (Å²) in [5.41, 5.74) is 3.31. The molecule has 3 aromatic rings. The van der Waals surface area contributed by atoms with Crippen LogP contribution in [0.1, 0.15) is 12.0 Å².